The van der Waals surface area contributed by atoms with Crippen LogP contribution in [0.15, 0.2) is 59.6 Å². The van der Waals surface area contributed by atoms with Gasteiger partial charge in [-0.1, -0.05) is 18.2 Å². The Kier molecular flexibility index (Phi) is 6.54. The van der Waals surface area contributed by atoms with Crippen LogP contribution < -0.4 is 9.46 Å². The quantitative estimate of drug-likeness (QED) is 0.387. The molecule has 0 aliphatic rings. The molecule has 0 unspecified atom stereocenters. The number of pyridine rings is 1. The summed E-state index contributed by atoms with van der Waals surface area (Å²) in [7, 11) is -4.02. The molecule has 0 bridgehead atoms. The first-order valence-electron chi connectivity index (χ1n) is 9.03. The van der Waals surface area contributed by atoms with Crippen molar-refractivity contribution in [1.82, 2.24) is 19.5 Å². The number of hydrogen-bond donors (Lipinski definition) is 1. The first-order chi connectivity index (χ1) is 14.0. The molecule has 0 aliphatic heterocycles. The molecule has 0 atom stereocenters. The number of nitrogens with one attached hydrogen (secondary N) is 1. The predicted octanol–water partition coefficient (Wildman–Crippen LogP) is 3.30. The summed E-state index contributed by atoms with van der Waals surface area (Å²) in [6.07, 6.45) is 1.67. The van der Waals surface area contributed by atoms with Crippen molar-refractivity contribution in [2.45, 2.75) is 22.2 Å². The molecular weight excluding hydrogens is 488 g/mol. The first-order valence-corrected chi connectivity index (χ1v) is 18.7. The zero-order chi connectivity index (χ0) is 21.9. The molecule has 0 saturated heterocycles. The van der Waals surface area contributed by atoms with E-state index in [-0.39, 0.29) is 15.6 Å². The van der Waals surface area contributed by atoms with Gasteiger partial charge in [0.1, 0.15) is 0 Å². The van der Waals surface area contributed by atoms with Crippen LogP contribution in [0.2, 0.25) is 22.4 Å². The third-order valence-electron chi connectivity index (χ3n) is 3.81. The third kappa shape index (κ3) is 5.61. The van der Waals surface area contributed by atoms with Gasteiger partial charge in [-0.25, -0.2) is 8.42 Å². The molecule has 0 fully saturated rings. The van der Waals surface area contributed by atoms with Crippen LogP contribution >= 0.6 is 11.6 Å². The maximum atomic E-state index is 12.4. The Morgan fingerprint density at radius 1 is 1.13 bits per heavy atom. The van der Waals surface area contributed by atoms with Crippen LogP contribution in [0.4, 0.5) is 0 Å². The van der Waals surface area contributed by atoms with Crippen molar-refractivity contribution < 1.29 is 17.9 Å². The number of carbonyl (C=O) groups excluding carboxylic acids is 1. The Balaban J connectivity index is 1.76. The molecule has 2 aromatic heterocycles. The van der Waals surface area contributed by atoms with Crippen molar-refractivity contribution in [1.29, 1.82) is 0 Å². The van der Waals surface area contributed by atoms with Gasteiger partial charge in [0, 0.05) is 0 Å². The molecule has 0 aliphatic carbocycles. The summed E-state index contributed by atoms with van der Waals surface area (Å²) in [5.41, 5.74) is 0.615. The molecule has 1 aromatic carbocycles. The summed E-state index contributed by atoms with van der Waals surface area (Å²) in [4.78, 5) is 16.6. The zero-order valence-electron chi connectivity index (χ0n) is 16.7. The number of sulfonamides is 1. The van der Waals surface area contributed by atoms with Gasteiger partial charge in [0.15, 0.2) is 0 Å². The summed E-state index contributed by atoms with van der Waals surface area (Å²) in [6.45, 7) is 0. The number of rotatable bonds is 7. The number of ether oxygens (including phenoxy) is 1. The van der Waals surface area contributed by atoms with Crippen molar-refractivity contribution in [2.24, 2.45) is 0 Å². The van der Waals surface area contributed by atoms with Gasteiger partial charge in [-0.15, -0.1) is 0 Å². The molecule has 11 heteroatoms. The predicted molar refractivity (Wildman–Crippen MR) is 116 cm³/mol. The van der Waals surface area contributed by atoms with Crippen molar-refractivity contribution >= 4 is 40.8 Å². The molecular formula is C19H21ClGeN4O4S. The number of halogens is 1. The van der Waals surface area contributed by atoms with E-state index in [0.717, 1.165) is 0 Å². The molecule has 3 aromatic rings. The first kappa shape index (κ1) is 22.3. The van der Waals surface area contributed by atoms with Crippen LogP contribution in [0, 0.1) is 0 Å². The van der Waals surface area contributed by atoms with E-state index in [1.165, 1.54) is 28.9 Å². The Labute approximate surface area is 182 Å². The standard InChI is InChI=1S/C19H21ClGeN4O4S/c1-21(2,3)13-29-17-11-12-25(23-17)16-10-9-15(18(20)22-16)19(26)24-30(27,28)14-7-5-4-6-8-14/h4-12H,13H2,1-3H3,(H,24,26). The third-order valence-corrected chi connectivity index (χ3v) is 7.57. The number of hydrogen-bond acceptors (Lipinski definition) is 6. The van der Waals surface area contributed by atoms with E-state index in [0.29, 0.717) is 17.1 Å². The van der Waals surface area contributed by atoms with Gasteiger partial charge < -0.3 is 0 Å². The van der Waals surface area contributed by atoms with Gasteiger partial charge in [-0.3, -0.25) is 0 Å². The summed E-state index contributed by atoms with van der Waals surface area (Å²) >= 11 is 4.28. The van der Waals surface area contributed by atoms with Crippen molar-refractivity contribution in [3.8, 4) is 11.7 Å². The normalized spacial score (nSPS) is 11.9. The zero-order valence-corrected chi connectivity index (χ0v) is 20.3. The second kappa shape index (κ2) is 8.78. The van der Waals surface area contributed by atoms with Crippen LogP contribution in [0.1, 0.15) is 10.4 Å². The Morgan fingerprint density at radius 2 is 1.83 bits per heavy atom. The monoisotopic (exact) mass is 510 g/mol. The molecule has 0 spiro atoms. The van der Waals surface area contributed by atoms with Gasteiger partial charge in [-0.2, -0.15) is 0 Å². The molecule has 0 radical (unpaired) electrons. The molecule has 2 heterocycles. The summed E-state index contributed by atoms with van der Waals surface area (Å²) in [5, 5.41) is 4.16. The summed E-state index contributed by atoms with van der Waals surface area (Å²) in [5.74, 6) is 6.68. The number of carbonyl (C=O) groups is 1. The summed E-state index contributed by atoms with van der Waals surface area (Å²) in [6, 6.07) is 12.2. The van der Waals surface area contributed by atoms with E-state index in [9.17, 15) is 13.2 Å². The molecule has 1 N–H and O–H groups in total. The molecule has 1 amide bonds. The van der Waals surface area contributed by atoms with Crippen molar-refractivity contribution in [3.05, 3.63) is 65.4 Å². The number of benzene rings is 1. The fourth-order valence-corrected chi connectivity index (χ4v) is 4.80. The van der Waals surface area contributed by atoms with E-state index in [1.54, 1.807) is 30.5 Å². The van der Waals surface area contributed by atoms with Gasteiger partial charge >= 0.3 is 139 Å². The van der Waals surface area contributed by atoms with Crippen LogP contribution in [0.5, 0.6) is 5.88 Å². The van der Waals surface area contributed by atoms with E-state index in [4.69, 9.17) is 16.3 Å². The summed E-state index contributed by atoms with van der Waals surface area (Å²) < 4.78 is 33.9. The van der Waals surface area contributed by atoms with Crippen LogP contribution in [0.25, 0.3) is 5.82 Å². The molecule has 158 valence electrons. The minimum atomic E-state index is -4.02. The molecule has 0 saturated carbocycles. The second-order valence-electron chi connectivity index (χ2n) is 7.70. The van der Waals surface area contributed by atoms with Gasteiger partial charge in [0.2, 0.25) is 0 Å². The number of aromatic nitrogens is 3. The number of amides is 1. The number of nitrogens with zero attached hydrogens (tertiary/aromatic N) is 3. The van der Waals surface area contributed by atoms with E-state index in [1.807, 2.05) is 4.72 Å². The topological polar surface area (TPSA) is 103 Å². The molecule has 30 heavy (non-hydrogen) atoms. The van der Waals surface area contributed by atoms with Crippen molar-refractivity contribution in [3.63, 3.8) is 0 Å². The average molecular weight is 510 g/mol. The van der Waals surface area contributed by atoms with Crippen LogP contribution in [-0.4, -0.2) is 47.8 Å². The van der Waals surface area contributed by atoms with Crippen molar-refractivity contribution in [2.75, 3.05) is 5.44 Å². The van der Waals surface area contributed by atoms with E-state index < -0.39 is 29.2 Å². The minimum absolute atomic E-state index is 0.0255. The van der Waals surface area contributed by atoms with E-state index in [2.05, 4.69) is 27.4 Å². The fourth-order valence-electron chi connectivity index (χ4n) is 2.36. The van der Waals surface area contributed by atoms with Crippen LogP contribution in [-0.2, 0) is 10.0 Å². The Morgan fingerprint density at radius 3 is 2.47 bits per heavy atom. The van der Waals surface area contributed by atoms with Gasteiger partial charge in [0.25, 0.3) is 0 Å². The van der Waals surface area contributed by atoms with Gasteiger partial charge in [-0.05, 0) is 12.1 Å². The Bertz CT molecular complexity index is 1160. The molecule has 8 nitrogen and oxygen atoms in total. The molecule has 3 rings (SSSR count). The van der Waals surface area contributed by atoms with Gasteiger partial charge in [0.05, 0.1) is 4.90 Å². The van der Waals surface area contributed by atoms with Crippen LogP contribution in [0.3, 0.4) is 0 Å². The maximum absolute atomic E-state index is 12.4. The fraction of sp³-hybridized carbons (Fsp3) is 0.211. The SMILES string of the molecule is [CH3][Ge]([CH3])([CH3])[CH2]Oc1ccn(-c2ccc(C(=O)NS(=O)(=O)c3ccccc3)c(Cl)n2)n1. The van der Waals surface area contributed by atoms with E-state index >= 15 is 0 Å². The average Bonchev–Trinajstić information content (AvgIpc) is 3.15. The Hall–Kier alpha value is -2.37. The second-order valence-corrected chi connectivity index (χ2v) is 21.1.